The van der Waals surface area contributed by atoms with Crippen LogP contribution in [0.5, 0.6) is 0 Å². The Bertz CT molecular complexity index is 523. The molecule has 2 aliphatic rings. The van der Waals surface area contributed by atoms with Crippen LogP contribution in [-0.2, 0) is 16.1 Å². The van der Waals surface area contributed by atoms with Gasteiger partial charge >= 0.3 is 0 Å². The van der Waals surface area contributed by atoms with Crippen molar-refractivity contribution >= 4 is 29.3 Å². The standard InChI is InChI=1S/C16H21ClN2O2S/c17-14-3-1-2-13(10-14)11-18-4-7-21-15(12-18)16(20)19-5-8-22-9-6-19/h1-3,10,15H,4-9,11-12H2. The molecule has 2 fully saturated rings. The molecule has 0 saturated carbocycles. The second-order valence-electron chi connectivity index (χ2n) is 5.66. The van der Waals surface area contributed by atoms with Crippen molar-refractivity contribution in [2.75, 3.05) is 44.3 Å². The molecule has 2 saturated heterocycles. The molecular formula is C16H21ClN2O2S. The van der Waals surface area contributed by atoms with Crippen LogP contribution in [0.1, 0.15) is 5.56 Å². The third-order valence-corrected chi connectivity index (χ3v) is 5.22. The van der Waals surface area contributed by atoms with Crippen LogP contribution in [0.3, 0.4) is 0 Å². The molecule has 1 aromatic rings. The van der Waals surface area contributed by atoms with E-state index >= 15 is 0 Å². The summed E-state index contributed by atoms with van der Waals surface area (Å²) in [6.45, 7) is 4.62. The highest BCUT2D eigenvalue weighted by Crippen LogP contribution is 2.17. The van der Waals surface area contributed by atoms with E-state index in [0.29, 0.717) is 13.2 Å². The third kappa shape index (κ3) is 4.16. The highest BCUT2D eigenvalue weighted by Gasteiger charge is 2.30. The van der Waals surface area contributed by atoms with E-state index in [1.807, 2.05) is 34.9 Å². The molecule has 0 aromatic heterocycles. The average molecular weight is 341 g/mol. The van der Waals surface area contributed by atoms with Crippen molar-refractivity contribution in [1.29, 1.82) is 0 Å². The van der Waals surface area contributed by atoms with E-state index in [-0.39, 0.29) is 12.0 Å². The molecule has 1 unspecified atom stereocenters. The lowest BCUT2D eigenvalue weighted by atomic mass is 10.1. The van der Waals surface area contributed by atoms with Gasteiger partial charge in [-0.05, 0) is 17.7 Å². The number of halogens is 1. The molecule has 2 aliphatic heterocycles. The van der Waals surface area contributed by atoms with Crippen molar-refractivity contribution < 1.29 is 9.53 Å². The Kier molecular flexibility index (Phi) is 5.63. The summed E-state index contributed by atoms with van der Waals surface area (Å²) < 4.78 is 5.72. The lowest BCUT2D eigenvalue weighted by Gasteiger charge is -2.36. The number of ether oxygens (including phenoxy) is 1. The Labute approximate surface area is 140 Å². The number of hydrogen-bond acceptors (Lipinski definition) is 4. The third-order valence-electron chi connectivity index (χ3n) is 4.04. The van der Waals surface area contributed by atoms with Gasteiger partial charge in [0.05, 0.1) is 6.61 Å². The molecule has 3 rings (SSSR count). The number of carbonyl (C=O) groups excluding carboxylic acids is 1. The molecule has 0 radical (unpaired) electrons. The first kappa shape index (κ1) is 16.1. The zero-order valence-corrected chi connectivity index (χ0v) is 14.1. The van der Waals surface area contributed by atoms with Gasteiger partial charge in [0, 0.05) is 49.3 Å². The van der Waals surface area contributed by atoms with Crippen LogP contribution in [0.15, 0.2) is 24.3 Å². The van der Waals surface area contributed by atoms with Crippen molar-refractivity contribution in [2.24, 2.45) is 0 Å². The molecule has 1 amide bonds. The molecular weight excluding hydrogens is 320 g/mol. The summed E-state index contributed by atoms with van der Waals surface area (Å²) in [7, 11) is 0. The Morgan fingerprint density at radius 3 is 2.91 bits per heavy atom. The molecule has 0 bridgehead atoms. The number of benzene rings is 1. The van der Waals surface area contributed by atoms with Gasteiger partial charge in [-0.3, -0.25) is 9.69 Å². The van der Waals surface area contributed by atoms with E-state index in [1.165, 1.54) is 5.56 Å². The first-order valence-corrected chi connectivity index (χ1v) is 9.20. The molecule has 1 atom stereocenters. The lowest BCUT2D eigenvalue weighted by Crippen LogP contribution is -2.52. The highest BCUT2D eigenvalue weighted by molar-refractivity contribution is 7.99. The topological polar surface area (TPSA) is 32.8 Å². The fourth-order valence-corrected chi connectivity index (χ4v) is 3.99. The van der Waals surface area contributed by atoms with Gasteiger partial charge in [-0.2, -0.15) is 11.8 Å². The molecule has 4 nitrogen and oxygen atoms in total. The largest absolute Gasteiger partial charge is 0.366 e. The number of amides is 1. The Morgan fingerprint density at radius 2 is 2.14 bits per heavy atom. The summed E-state index contributed by atoms with van der Waals surface area (Å²) in [5.74, 6) is 2.21. The molecule has 0 spiro atoms. The van der Waals surface area contributed by atoms with E-state index in [1.54, 1.807) is 0 Å². The zero-order chi connectivity index (χ0) is 15.4. The molecule has 6 heteroatoms. The quantitative estimate of drug-likeness (QED) is 0.843. The van der Waals surface area contributed by atoms with Crippen LogP contribution in [0.4, 0.5) is 0 Å². The van der Waals surface area contributed by atoms with Gasteiger partial charge in [0.2, 0.25) is 0 Å². The van der Waals surface area contributed by atoms with Crippen molar-refractivity contribution in [3.8, 4) is 0 Å². The van der Waals surface area contributed by atoms with Gasteiger partial charge in [-0.15, -0.1) is 0 Å². The number of carbonyl (C=O) groups is 1. The smallest absolute Gasteiger partial charge is 0.253 e. The van der Waals surface area contributed by atoms with Gasteiger partial charge in [0.1, 0.15) is 6.10 Å². The number of thioether (sulfide) groups is 1. The predicted molar refractivity (Wildman–Crippen MR) is 90.4 cm³/mol. The van der Waals surface area contributed by atoms with E-state index in [4.69, 9.17) is 16.3 Å². The lowest BCUT2D eigenvalue weighted by molar-refractivity contribution is -0.149. The maximum Gasteiger partial charge on any atom is 0.253 e. The summed E-state index contributed by atoms with van der Waals surface area (Å²) in [5, 5.41) is 0.754. The van der Waals surface area contributed by atoms with E-state index in [2.05, 4.69) is 11.0 Å². The Hall–Kier alpha value is -0.750. The van der Waals surface area contributed by atoms with Crippen LogP contribution in [0.2, 0.25) is 5.02 Å². The predicted octanol–water partition coefficient (Wildman–Crippen LogP) is 2.12. The van der Waals surface area contributed by atoms with Crippen LogP contribution in [-0.4, -0.2) is 66.1 Å². The van der Waals surface area contributed by atoms with Gasteiger partial charge < -0.3 is 9.64 Å². The van der Waals surface area contributed by atoms with E-state index < -0.39 is 0 Å². The summed E-state index contributed by atoms with van der Waals surface area (Å²) in [6.07, 6.45) is -0.323. The maximum absolute atomic E-state index is 12.5. The van der Waals surface area contributed by atoms with Crippen LogP contribution in [0, 0.1) is 0 Å². The molecule has 120 valence electrons. The van der Waals surface area contributed by atoms with Gasteiger partial charge in [-0.25, -0.2) is 0 Å². The SMILES string of the molecule is O=C(C1CN(Cc2cccc(Cl)c2)CCO1)N1CCSCC1. The van der Waals surface area contributed by atoms with Gasteiger partial charge in [0.15, 0.2) is 0 Å². The number of rotatable bonds is 3. The summed E-state index contributed by atoms with van der Waals surface area (Å²) >= 11 is 7.95. The Balaban J connectivity index is 1.57. The molecule has 0 N–H and O–H groups in total. The first-order valence-electron chi connectivity index (χ1n) is 7.67. The fourth-order valence-electron chi connectivity index (χ4n) is 2.88. The van der Waals surface area contributed by atoms with E-state index in [9.17, 15) is 4.79 Å². The summed E-state index contributed by atoms with van der Waals surface area (Å²) in [5.41, 5.74) is 1.18. The van der Waals surface area contributed by atoms with Gasteiger partial charge in [-0.1, -0.05) is 23.7 Å². The molecule has 1 aromatic carbocycles. The Morgan fingerprint density at radius 1 is 1.32 bits per heavy atom. The number of nitrogens with zero attached hydrogens (tertiary/aromatic N) is 2. The zero-order valence-electron chi connectivity index (χ0n) is 12.5. The summed E-state index contributed by atoms with van der Waals surface area (Å²) in [4.78, 5) is 16.8. The van der Waals surface area contributed by atoms with Crippen LogP contribution in [0.25, 0.3) is 0 Å². The van der Waals surface area contributed by atoms with Crippen molar-refractivity contribution in [3.05, 3.63) is 34.9 Å². The normalized spacial score (nSPS) is 23.5. The molecule has 0 aliphatic carbocycles. The molecule has 2 heterocycles. The number of hydrogen-bond donors (Lipinski definition) is 0. The van der Waals surface area contributed by atoms with Crippen molar-refractivity contribution in [2.45, 2.75) is 12.6 Å². The maximum atomic E-state index is 12.5. The van der Waals surface area contributed by atoms with Gasteiger partial charge in [0.25, 0.3) is 5.91 Å². The summed E-state index contributed by atoms with van der Waals surface area (Å²) in [6, 6.07) is 7.90. The van der Waals surface area contributed by atoms with Crippen LogP contribution < -0.4 is 0 Å². The van der Waals surface area contributed by atoms with Crippen LogP contribution >= 0.6 is 23.4 Å². The minimum Gasteiger partial charge on any atom is -0.366 e. The fraction of sp³-hybridized carbons (Fsp3) is 0.562. The van der Waals surface area contributed by atoms with E-state index in [0.717, 1.165) is 42.7 Å². The second-order valence-corrected chi connectivity index (χ2v) is 7.32. The number of morpholine rings is 1. The first-order chi connectivity index (χ1) is 10.7. The molecule has 22 heavy (non-hydrogen) atoms. The second kappa shape index (κ2) is 7.68. The minimum absolute atomic E-state index is 0.149. The van der Waals surface area contributed by atoms with Crippen molar-refractivity contribution in [1.82, 2.24) is 9.80 Å². The minimum atomic E-state index is -0.323. The highest BCUT2D eigenvalue weighted by atomic mass is 35.5. The monoisotopic (exact) mass is 340 g/mol. The average Bonchev–Trinajstić information content (AvgIpc) is 2.55. The van der Waals surface area contributed by atoms with Crippen molar-refractivity contribution in [3.63, 3.8) is 0 Å².